The molecule has 1 aromatic carbocycles. The number of ether oxygens (including phenoxy) is 1. The van der Waals surface area contributed by atoms with Crippen LogP contribution in [0.5, 0.6) is 5.75 Å². The van der Waals surface area contributed by atoms with Gasteiger partial charge in [0.15, 0.2) is 9.84 Å². The predicted molar refractivity (Wildman–Crippen MR) is 85.9 cm³/mol. The number of amides is 1. The SMILES string of the molecule is COc1ccc(NC(C)C(=O)N(C)C2CCS(=O)(=O)C2)cc1. The van der Waals surface area contributed by atoms with Gasteiger partial charge in [0.25, 0.3) is 0 Å². The molecule has 0 radical (unpaired) electrons. The monoisotopic (exact) mass is 326 g/mol. The standard InChI is InChI=1S/C15H22N2O4S/c1-11(16-12-4-6-14(21-3)7-5-12)15(18)17(2)13-8-9-22(19,20)10-13/h4-7,11,13,16H,8-10H2,1-3H3. The number of likely N-dealkylation sites (N-methyl/N-ethyl adjacent to an activating group) is 1. The van der Waals surface area contributed by atoms with Crippen molar-refractivity contribution in [1.29, 1.82) is 0 Å². The minimum atomic E-state index is -2.99. The number of carbonyl (C=O) groups is 1. The molecule has 2 unspecified atom stereocenters. The first-order chi connectivity index (χ1) is 10.3. The molecule has 1 aliphatic heterocycles. The summed E-state index contributed by atoms with van der Waals surface area (Å²) in [4.78, 5) is 14.0. The molecule has 6 nitrogen and oxygen atoms in total. The molecule has 1 N–H and O–H groups in total. The van der Waals surface area contributed by atoms with Crippen LogP contribution in [0.3, 0.4) is 0 Å². The highest BCUT2D eigenvalue weighted by Crippen LogP contribution is 2.19. The summed E-state index contributed by atoms with van der Waals surface area (Å²) in [6.07, 6.45) is 0.514. The molecule has 1 saturated heterocycles. The Morgan fingerprint density at radius 1 is 1.36 bits per heavy atom. The maximum atomic E-state index is 12.4. The van der Waals surface area contributed by atoms with Gasteiger partial charge in [-0.1, -0.05) is 0 Å². The zero-order chi connectivity index (χ0) is 16.3. The quantitative estimate of drug-likeness (QED) is 0.878. The van der Waals surface area contributed by atoms with Crippen molar-refractivity contribution in [3.05, 3.63) is 24.3 Å². The van der Waals surface area contributed by atoms with Crippen LogP contribution in [0, 0.1) is 0 Å². The Morgan fingerprint density at radius 3 is 2.50 bits per heavy atom. The van der Waals surface area contributed by atoms with Crippen LogP contribution in [0.25, 0.3) is 0 Å². The number of hydrogen-bond donors (Lipinski definition) is 1. The van der Waals surface area contributed by atoms with Crippen molar-refractivity contribution in [3.63, 3.8) is 0 Å². The fraction of sp³-hybridized carbons (Fsp3) is 0.533. The van der Waals surface area contributed by atoms with Crippen molar-refractivity contribution in [2.24, 2.45) is 0 Å². The van der Waals surface area contributed by atoms with Gasteiger partial charge in [-0.25, -0.2) is 8.42 Å². The van der Waals surface area contributed by atoms with Crippen LogP contribution in [0.15, 0.2) is 24.3 Å². The molecule has 22 heavy (non-hydrogen) atoms. The molecule has 0 bridgehead atoms. The van der Waals surface area contributed by atoms with Crippen molar-refractivity contribution < 1.29 is 17.9 Å². The number of nitrogens with one attached hydrogen (secondary N) is 1. The second-order valence-corrected chi connectivity index (χ2v) is 7.83. The van der Waals surface area contributed by atoms with E-state index >= 15 is 0 Å². The van der Waals surface area contributed by atoms with Crippen LogP contribution in [0.4, 0.5) is 5.69 Å². The van der Waals surface area contributed by atoms with Crippen LogP contribution in [0.2, 0.25) is 0 Å². The van der Waals surface area contributed by atoms with E-state index in [4.69, 9.17) is 4.74 Å². The zero-order valence-electron chi connectivity index (χ0n) is 13.1. The van der Waals surface area contributed by atoms with E-state index in [2.05, 4.69) is 5.32 Å². The molecule has 0 aromatic heterocycles. The van der Waals surface area contributed by atoms with Crippen LogP contribution in [-0.2, 0) is 14.6 Å². The van der Waals surface area contributed by atoms with E-state index in [0.29, 0.717) is 6.42 Å². The first-order valence-electron chi connectivity index (χ1n) is 7.20. The number of sulfone groups is 1. The maximum absolute atomic E-state index is 12.4. The van der Waals surface area contributed by atoms with Crippen LogP contribution < -0.4 is 10.1 Å². The summed E-state index contributed by atoms with van der Waals surface area (Å²) in [5, 5.41) is 3.12. The molecule has 0 aliphatic carbocycles. The Hall–Kier alpha value is -1.76. The molecule has 1 aliphatic rings. The fourth-order valence-electron chi connectivity index (χ4n) is 2.57. The molecule has 1 aromatic rings. The lowest BCUT2D eigenvalue weighted by atomic mass is 10.2. The Morgan fingerprint density at radius 2 is 2.00 bits per heavy atom. The average Bonchev–Trinajstić information content (AvgIpc) is 2.86. The number of benzene rings is 1. The first kappa shape index (κ1) is 16.6. The highest BCUT2D eigenvalue weighted by molar-refractivity contribution is 7.91. The van der Waals surface area contributed by atoms with E-state index in [1.807, 2.05) is 24.3 Å². The largest absolute Gasteiger partial charge is 0.497 e. The zero-order valence-corrected chi connectivity index (χ0v) is 13.9. The van der Waals surface area contributed by atoms with Gasteiger partial charge in [-0.2, -0.15) is 0 Å². The van der Waals surface area contributed by atoms with Crippen molar-refractivity contribution in [3.8, 4) is 5.75 Å². The summed E-state index contributed by atoms with van der Waals surface area (Å²) >= 11 is 0. The van der Waals surface area contributed by atoms with Gasteiger partial charge in [0.1, 0.15) is 11.8 Å². The highest BCUT2D eigenvalue weighted by atomic mass is 32.2. The van der Waals surface area contributed by atoms with Gasteiger partial charge in [-0.05, 0) is 37.6 Å². The third-order valence-corrected chi connectivity index (χ3v) is 5.70. The third kappa shape index (κ3) is 3.91. The minimum absolute atomic E-state index is 0.0600. The molecule has 122 valence electrons. The Bertz CT molecular complexity index is 627. The number of rotatable bonds is 5. The van der Waals surface area contributed by atoms with Crippen molar-refractivity contribution >= 4 is 21.4 Å². The smallest absolute Gasteiger partial charge is 0.244 e. The van der Waals surface area contributed by atoms with Gasteiger partial charge in [0.2, 0.25) is 5.91 Å². The van der Waals surface area contributed by atoms with Crippen molar-refractivity contribution in [2.75, 3.05) is 31.0 Å². The van der Waals surface area contributed by atoms with Gasteiger partial charge < -0.3 is 15.0 Å². The van der Waals surface area contributed by atoms with Crippen molar-refractivity contribution in [2.45, 2.75) is 25.4 Å². The molecule has 1 heterocycles. The fourth-order valence-corrected chi connectivity index (χ4v) is 4.34. The van der Waals surface area contributed by atoms with E-state index < -0.39 is 15.9 Å². The molecule has 1 fully saturated rings. The Kier molecular flexibility index (Phi) is 4.95. The summed E-state index contributed by atoms with van der Waals surface area (Å²) in [7, 11) is 0.269. The van der Waals surface area contributed by atoms with Crippen LogP contribution in [0.1, 0.15) is 13.3 Å². The molecular weight excluding hydrogens is 304 g/mol. The Labute approximate surface area is 131 Å². The van der Waals surface area contributed by atoms with Gasteiger partial charge >= 0.3 is 0 Å². The normalized spacial score (nSPS) is 21.1. The maximum Gasteiger partial charge on any atom is 0.244 e. The van der Waals surface area contributed by atoms with Crippen LogP contribution >= 0.6 is 0 Å². The van der Waals surface area contributed by atoms with Crippen molar-refractivity contribution in [1.82, 2.24) is 4.90 Å². The topological polar surface area (TPSA) is 75.7 Å². The van der Waals surface area contributed by atoms with E-state index in [1.54, 1.807) is 26.0 Å². The lowest BCUT2D eigenvalue weighted by molar-refractivity contribution is -0.132. The lowest BCUT2D eigenvalue weighted by Gasteiger charge is -2.27. The van der Waals surface area contributed by atoms with E-state index in [0.717, 1.165) is 11.4 Å². The lowest BCUT2D eigenvalue weighted by Crippen LogP contribution is -2.45. The van der Waals surface area contributed by atoms with E-state index in [1.165, 1.54) is 0 Å². The number of methoxy groups -OCH3 is 1. The minimum Gasteiger partial charge on any atom is -0.497 e. The van der Waals surface area contributed by atoms with Gasteiger partial charge in [0, 0.05) is 18.8 Å². The molecule has 2 atom stereocenters. The highest BCUT2D eigenvalue weighted by Gasteiger charge is 2.33. The predicted octanol–water partition coefficient (Wildman–Crippen LogP) is 1.14. The summed E-state index contributed by atoms with van der Waals surface area (Å²) in [6.45, 7) is 1.77. The second kappa shape index (κ2) is 6.56. The molecule has 7 heteroatoms. The average molecular weight is 326 g/mol. The van der Waals surface area contributed by atoms with E-state index in [-0.39, 0.29) is 23.5 Å². The number of carbonyl (C=O) groups excluding carboxylic acids is 1. The molecule has 1 amide bonds. The summed E-state index contributed by atoms with van der Waals surface area (Å²) in [5.74, 6) is 0.857. The third-order valence-electron chi connectivity index (χ3n) is 3.95. The molecule has 0 saturated carbocycles. The summed E-state index contributed by atoms with van der Waals surface area (Å²) in [5.41, 5.74) is 0.814. The summed E-state index contributed by atoms with van der Waals surface area (Å²) < 4.78 is 28.1. The van der Waals surface area contributed by atoms with Gasteiger partial charge in [0.05, 0.1) is 18.6 Å². The number of hydrogen-bond acceptors (Lipinski definition) is 5. The summed E-state index contributed by atoms with van der Waals surface area (Å²) in [6, 6.07) is 6.64. The number of anilines is 1. The first-order valence-corrected chi connectivity index (χ1v) is 9.02. The number of nitrogens with zero attached hydrogens (tertiary/aromatic N) is 1. The Balaban J connectivity index is 1.96. The van der Waals surface area contributed by atoms with Gasteiger partial charge in [-0.3, -0.25) is 4.79 Å². The molecule has 0 spiro atoms. The molecule has 2 rings (SSSR count). The molecular formula is C15H22N2O4S. The van der Waals surface area contributed by atoms with Gasteiger partial charge in [-0.15, -0.1) is 0 Å². The van der Waals surface area contributed by atoms with Crippen LogP contribution in [-0.4, -0.2) is 57.0 Å². The second-order valence-electron chi connectivity index (χ2n) is 5.60. The van der Waals surface area contributed by atoms with E-state index in [9.17, 15) is 13.2 Å².